The Labute approximate surface area is 85.7 Å². The van der Waals surface area contributed by atoms with E-state index in [1.807, 2.05) is 0 Å². The molecule has 0 aliphatic heterocycles. The summed E-state index contributed by atoms with van der Waals surface area (Å²) in [6, 6.07) is 0. The minimum atomic E-state index is -0.0171. The zero-order chi connectivity index (χ0) is 10.8. The molecule has 0 fully saturated rings. The molecule has 1 aromatic heterocycles. The minimum Gasteiger partial charge on any atom is -0.445 e. The molecule has 1 heterocycles. The van der Waals surface area contributed by atoms with Crippen LogP contribution in [0.3, 0.4) is 0 Å². The van der Waals surface area contributed by atoms with Crippen molar-refractivity contribution in [3.8, 4) is 0 Å². The summed E-state index contributed by atoms with van der Waals surface area (Å²) < 4.78 is 5.72. The summed E-state index contributed by atoms with van der Waals surface area (Å²) in [5.74, 6) is 1.78. The lowest BCUT2D eigenvalue weighted by Gasteiger charge is -2.12. The summed E-state index contributed by atoms with van der Waals surface area (Å²) >= 11 is 0. The van der Waals surface area contributed by atoms with Crippen LogP contribution in [-0.4, -0.2) is 11.5 Å². The first-order chi connectivity index (χ1) is 6.49. The second-order valence-corrected chi connectivity index (χ2v) is 4.53. The second kappa shape index (κ2) is 4.13. The van der Waals surface area contributed by atoms with Gasteiger partial charge >= 0.3 is 0 Å². The van der Waals surface area contributed by atoms with Gasteiger partial charge in [0, 0.05) is 11.8 Å². The molecule has 0 atom stereocenters. The van der Waals surface area contributed by atoms with Gasteiger partial charge in [-0.2, -0.15) is 0 Å². The predicted molar refractivity (Wildman–Crippen MR) is 57.3 cm³/mol. The molecule has 0 saturated carbocycles. The van der Waals surface area contributed by atoms with E-state index in [2.05, 4.69) is 32.7 Å². The molecule has 0 aliphatic rings. The Kier molecular flexibility index (Phi) is 3.32. The third-order valence-electron chi connectivity index (χ3n) is 2.13. The van der Waals surface area contributed by atoms with Crippen molar-refractivity contribution in [2.45, 2.75) is 46.0 Å². The lowest BCUT2D eigenvalue weighted by atomic mass is 9.97. The van der Waals surface area contributed by atoms with Crippen LogP contribution in [0.5, 0.6) is 0 Å². The van der Waals surface area contributed by atoms with Gasteiger partial charge in [0.15, 0.2) is 5.89 Å². The maximum absolute atomic E-state index is 5.72. The summed E-state index contributed by atoms with van der Waals surface area (Å²) in [7, 11) is 0. The first kappa shape index (κ1) is 11.2. The van der Waals surface area contributed by atoms with Crippen LogP contribution in [-0.2, 0) is 18.3 Å². The highest BCUT2D eigenvalue weighted by Gasteiger charge is 2.22. The molecule has 0 amide bonds. The monoisotopic (exact) mass is 196 g/mol. The highest BCUT2D eigenvalue weighted by molar-refractivity contribution is 5.13. The van der Waals surface area contributed by atoms with Crippen LogP contribution >= 0.6 is 0 Å². The molecule has 3 nitrogen and oxygen atoms in total. The number of aryl methyl sites for hydroxylation is 1. The lowest BCUT2D eigenvalue weighted by Crippen LogP contribution is -2.11. The summed E-state index contributed by atoms with van der Waals surface area (Å²) in [6.07, 6.45) is 1.70. The molecule has 0 unspecified atom stereocenters. The van der Waals surface area contributed by atoms with E-state index >= 15 is 0 Å². The molecule has 3 heteroatoms. The Morgan fingerprint density at radius 3 is 2.43 bits per heavy atom. The normalized spacial score (nSPS) is 12.1. The molecular formula is C11H20N2O. The fraction of sp³-hybridized carbons (Fsp3) is 0.727. The van der Waals surface area contributed by atoms with Crippen molar-refractivity contribution in [3.05, 3.63) is 17.3 Å². The van der Waals surface area contributed by atoms with Crippen molar-refractivity contribution in [1.82, 2.24) is 4.98 Å². The number of hydrogen-bond donors (Lipinski definition) is 1. The summed E-state index contributed by atoms with van der Waals surface area (Å²) in [5, 5.41) is 0. The maximum atomic E-state index is 5.72. The Balaban J connectivity index is 3.00. The first-order valence-corrected chi connectivity index (χ1v) is 5.18. The van der Waals surface area contributed by atoms with Gasteiger partial charge in [0.1, 0.15) is 5.76 Å². The quantitative estimate of drug-likeness (QED) is 0.804. The van der Waals surface area contributed by atoms with E-state index in [0.717, 1.165) is 30.2 Å². The third-order valence-corrected chi connectivity index (χ3v) is 2.13. The van der Waals surface area contributed by atoms with Crippen molar-refractivity contribution in [1.29, 1.82) is 0 Å². The van der Waals surface area contributed by atoms with Crippen LogP contribution in [0.4, 0.5) is 0 Å². The number of rotatable bonds is 3. The summed E-state index contributed by atoms with van der Waals surface area (Å²) in [4.78, 5) is 4.50. The van der Waals surface area contributed by atoms with Gasteiger partial charge in [-0.1, -0.05) is 27.7 Å². The van der Waals surface area contributed by atoms with E-state index in [1.54, 1.807) is 0 Å². The average Bonchev–Trinajstić information content (AvgIpc) is 2.47. The number of nitrogens with two attached hydrogens (primary N) is 1. The van der Waals surface area contributed by atoms with Crippen LogP contribution in [0.25, 0.3) is 0 Å². The minimum absolute atomic E-state index is 0.0171. The van der Waals surface area contributed by atoms with Crippen molar-refractivity contribution in [2.75, 3.05) is 6.54 Å². The van der Waals surface area contributed by atoms with E-state index in [0.29, 0.717) is 6.54 Å². The van der Waals surface area contributed by atoms with Crippen molar-refractivity contribution >= 4 is 0 Å². The largest absolute Gasteiger partial charge is 0.445 e. The molecule has 14 heavy (non-hydrogen) atoms. The van der Waals surface area contributed by atoms with Gasteiger partial charge < -0.3 is 10.2 Å². The van der Waals surface area contributed by atoms with Crippen LogP contribution in [0.1, 0.15) is 45.0 Å². The zero-order valence-corrected chi connectivity index (χ0v) is 9.55. The number of oxazole rings is 1. The van der Waals surface area contributed by atoms with E-state index in [-0.39, 0.29) is 5.41 Å². The van der Waals surface area contributed by atoms with Crippen molar-refractivity contribution in [2.24, 2.45) is 5.73 Å². The molecular weight excluding hydrogens is 176 g/mol. The van der Waals surface area contributed by atoms with E-state index in [9.17, 15) is 0 Å². The molecule has 0 radical (unpaired) electrons. The van der Waals surface area contributed by atoms with Crippen LogP contribution in [0.15, 0.2) is 4.42 Å². The van der Waals surface area contributed by atoms with Gasteiger partial charge in [0.2, 0.25) is 0 Å². The van der Waals surface area contributed by atoms with Crippen molar-refractivity contribution < 1.29 is 4.42 Å². The zero-order valence-electron chi connectivity index (χ0n) is 9.55. The molecule has 0 aliphatic carbocycles. The van der Waals surface area contributed by atoms with Gasteiger partial charge in [-0.3, -0.25) is 0 Å². The van der Waals surface area contributed by atoms with Crippen LogP contribution in [0.2, 0.25) is 0 Å². The Morgan fingerprint density at radius 1 is 1.36 bits per heavy atom. The fourth-order valence-electron chi connectivity index (χ4n) is 1.31. The maximum Gasteiger partial charge on any atom is 0.200 e. The van der Waals surface area contributed by atoms with Gasteiger partial charge in [-0.05, 0) is 13.0 Å². The van der Waals surface area contributed by atoms with E-state index in [1.165, 1.54) is 0 Å². The topological polar surface area (TPSA) is 52.0 Å². The molecule has 1 aromatic rings. The second-order valence-electron chi connectivity index (χ2n) is 4.53. The van der Waals surface area contributed by atoms with Gasteiger partial charge in [0.05, 0.1) is 5.69 Å². The van der Waals surface area contributed by atoms with Crippen LogP contribution in [0, 0.1) is 0 Å². The third kappa shape index (κ3) is 2.35. The molecule has 0 bridgehead atoms. The highest BCUT2D eigenvalue weighted by atomic mass is 16.4. The molecule has 0 spiro atoms. The fourth-order valence-corrected chi connectivity index (χ4v) is 1.31. The Bertz CT molecular complexity index is 297. The standard InChI is InChI=1S/C11H20N2O/c1-5-8-9(6-7-12)14-10(13-8)11(2,3)4/h5-7,12H2,1-4H3. The molecule has 0 saturated heterocycles. The Morgan fingerprint density at radius 2 is 2.00 bits per heavy atom. The van der Waals surface area contributed by atoms with Gasteiger partial charge in [-0.15, -0.1) is 0 Å². The van der Waals surface area contributed by atoms with Gasteiger partial charge in [0.25, 0.3) is 0 Å². The average molecular weight is 196 g/mol. The molecule has 0 aromatic carbocycles. The molecule has 80 valence electrons. The smallest absolute Gasteiger partial charge is 0.200 e. The lowest BCUT2D eigenvalue weighted by molar-refractivity contribution is 0.373. The SMILES string of the molecule is CCc1nc(C(C)(C)C)oc1CCN. The molecule has 2 N–H and O–H groups in total. The van der Waals surface area contributed by atoms with E-state index < -0.39 is 0 Å². The van der Waals surface area contributed by atoms with Crippen molar-refractivity contribution in [3.63, 3.8) is 0 Å². The first-order valence-electron chi connectivity index (χ1n) is 5.18. The number of aromatic nitrogens is 1. The summed E-state index contributed by atoms with van der Waals surface area (Å²) in [6.45, 7) is 9.01. The van der Waals surface area contributed by atoms with Gasteiger partial charge in [-0.25, -0.2) is 4.98 Å². The Hall–Kier alpha value is -0.830. The number of hydrogen-bond acceptors (Lipinski definition) is 3. The molecule has 1 rings (SSSR count). The van der Waals surface area contributed by atoms with E-state index in [4.69, 9.17) is 10.2 Å². The predicted octanol–water partition coefficient (Wildman–Crippen LogP) is 2.04. The van der Waals surface area contributed by atoms with Crippen LogP contribution < -0.4 is 5.73 Å². The number of nitrogens with zero attached hydrogens (tertiary/aromatic N) is 1. The highest BCUT2D eigenvalue weighted by Crippen LogP contribution is 2.24. The summed E-state index contributed by atoms with van der Waals surface area (Å²) in [5.41, 5.74) is 6.55.